The molecule has 1 N–H and O–H groups in total. The number of hydrogen-bond acceptors (Lipinski definition) is 5. The molecule has 7 heteroatoms. The van der Waals surface area contributed by atoms with Crippen LogP contribution in [0.2, 0.25) is 0 Å². The summed E-state index contributed by atoms with van der Waals surface area (Å²) in [6.07, 6.45) is 1.64. The molecule has 1 heterocycles. The maximum atomic E-state index is 12.4. The highest BCUT2D eigenvalue weighted by molar-refractivity contribution is 6.07. The predicted molar refractivity (Wildman–Crippen MR) is 92.1 cm³/mol. The molecule has 0 bridgehead atoms. The number of hydroxylamine groups is 2. The summed E-state index contributed by atoms with van der Waals surface area (Å²) in [7, 11) is 6.60. The van der Waals surface area contributed by atoms with Crippen LogP contribution in [0.3, 0.4) is 0 Å². The van der Waals surface area contributed by atoms with Gasteiger partial charge < -0.3 is 10.2 Å². The molecule has 0 spiro atoms. The van der Waals surface area contributed by atoms with Gasteiger partial charge in [-0.25, -0.2) is 10.0 Å². The number of hydrogen-bond donors (Lipinski definition) is 1. The van der Waals surface area contributed by atoms with Crippen LogP contribution in [0.1, 0.15) is 20.7 Å². The van der Waals surface area contributed by atoms with Crippen LogP contribution in [0.15, 0.2) is 42.6 Å². The highest BCUT2D eigenvalue weighted by atomic mass is 16.7. The summed E-state index contributed by atoms with van der Waals surface area (Å²) in [6.45, 7) is 0. The van der Waals surface area contributed by atoms with Gasteiger partial charge in [0.1, 0.15) is 5.82 Å². The van der Waals surface area contributed by atoms with E-state index in [1.807, 2.05) is 14.1 Å². The first-order chi connectivity index (χ1) is 11.4. The number of pyridine rings is 1. The number of anilines is 2. The van der Waals surface area contributed by atoms with Crippen LogP contribution in [0.4, 0.5) is 11.5 Å². The summed E-state index contributed by atoms with van der Waals surface area (Å²) in [5.41, 5.74) is 1.53. The van der Waals surface area contributed by atoms with Crippen molar-refractivity contribution < 1.29 is 14.4 Å². The number of benzene rings is 1. The smallest absolute Gasteiger partial charge is 0.277 e. The quantitative estimate of drug-likeness (QED) is 0.850. The number of amides is 2. The van der Waals surface area contributed by atoms with Crippen molar-refractivity contribution in [1.82, 2.24) is 10.0 Å². The topological polar surface area (TPSA) is 74.8 Å². The Morgan fingerprint density at radius 3 is 2.33 bits per heavy atom. The van der Waals surface area contributed by atoms with E-state index < -0.39 is 0 Å². The molecule has 7 nitrogen and oxygen atoms in total. The lowest BCUT2D eigenvalue weighted by Crippen LogP contribution is -2.25. The summed E-state index contributed by atoms with van der Waals surface area (Å²) >= 11 is 0. The van der Waals surface area contributed by atoms with Crippen molar-refractivity contribution in [2.75, 3.05) is 38.5 Å². The molecule has 24 heavy (non-hydrogen) atoms. The molecule has 0 aliphatic carbocycles. The molecule has 2 rings (SSSR count). The molecule has 0 aliphatic rings. The Balaban J connectivity index is 2.15. The van der Waals surface area contributed by atoms with Gasteiger partial charge in [-0.15, -0.1) is 0 Å². The second-order valence-corrected chi connectivity index (χ2v) is 5.29. The largest absolute Gasteiger partial charge is 0.362 e. The van der Waals surface area contributed by atoms with Crippen molar-refractivity contribution in [3.8, 4) is 0 Å². The van der Waals surface area contributed by atoms with Gasteiger partial charge in [0.05, 0.1) is 12.7 Å². The van der Waals surface area contributed by atoms with Gasteiger partial charge in [-0.1, -0.05) is 0 Å². The first-order valence-electron chi connectivity index (χ1n) is 7.30. The zero-order chi connectivity index (χ0) is 17.7. The second-order valence-electron chi connectivity index (χ2n) is 5.29. The Bertz CT molecular complexity index is 729. The molecule has 126 valence electrons. The predicted octanol–water partition coefficient (Wildman–Crippen LogP) is 2.03. The third-order valence-electron chi connectivity index (χ3n) is 3.40. The van der Waals surface area contributed by atoms with Gasteiger partial charge in [-0.3, -0.25) is 14.4 Å². The Labute approximate surface area is 140 Å². The van der Waals surface area contributed by atoms with Crippen LogP contribution in [-0.4, -0.2) is 50.1 Å². The Hall–Kier alpha value is -2.93. The average Bonchev–Trinajstić information content (AvgIpc) is 2.61. The normalized spacial score (nSPS) is 10.2. The van der Waals surface area contributed by atoms with Crippen molar-refractivity contribution in [3.05, 3.63) is 53.7 Å². The second kappa shape index (κ2) is 7.56. The van der Waals surface area contributed by atoms with E-state index in [1.54, 1.807) is 47.5 Å². The lowest BCUT2D eigenvalue weighted by molar-refractivity contribution is -0.0756. The maximum absolute atomic E-state index is 12.4. The molecule has 0 saturated carbocycles. The SMILES string of the molecule is CON(C)C(=O)c1ccc(NC(=O)c2cccnc2N(C)C)cc1. The van der Waals surface area contributed by atoms with Crippen LogP contribution in [-0.2, 0) is 4.84 Å². The first kappa shape index (κ1) is 17.4. The molecule has 1 aromatic carbocycles. The Morgan fingerprint density at radius 2 is 1.75 bits per heavy atom. The van der Waals surface area contributed by atoms with E-state index in [0.717, 1.165) is 5.06 Å². The van der Waals surface area contributed by atoms with Gasteiger partial charge in [0.2, 0.25) is 0 Å². The minimum atomic E-state index is -0.266. The van der Waals surface area contributed by atoms with Crippen molar-refractivity contribution >= 4 is 23.3 Å². The number of nitrogens with zero attached hydrogens (tertiary/aromatic N) is 3. The van der Waals surface area contributed by atoms with Gasteiger partial charge in [-0.2, -0.15) is 0 Å². The zero-order valence-electron chi connectivity index (χ0n) is 14.1. The lowest BCUT2D eigenvalue weighted by Gasteiger charge is -2.16. The third-order valence-corrected chi connectivity index (χ3v) is 3.40. The molecule has 2 aromatic rings. The number of carbonyl (C=O) groups is 2. The third kappa shape index (κ3) is 3.88. The zero-order valence-corrected chi connectivity index (χ0v) is 14.1. The van der Waals surface area contributed by atoms with E-state index in [4.69, 9.17) is 4.84 Å². The molecule has 0 atom stereocenters. The van der Waals surface area contributed by atoms with Crippen LogP contribution in [0.25, 0.3) is 0 Å². The van der Waals surface area contributed by atoms with Crippen molar-refractivity contribution in [2.45, 2.75) is 0 Å². The minimum absolute atomic E-state index is 0.264. The Morgan fingerprint density at radius 1 is 1.08 bits per heavy atom. The van der Waals surface area contributed by atoms with E-state index >= 15 is 0 Å². The van der Waals surface area contributed by atoms with E-state index in [0.29, 0.717) is 22.6 Å². The first-order valence-corrected chi connectivity index (χ1v) is 7.30. The average molecular weight is 328 g/mol. The monoisotopic (exact) mass is 328 g/mol. The molecule has 2 amide bonds. The molecular weight excluding hydrogens is 308 g/mol. The van der Waals surface area contributed by atoms with E-state index in [1.165, 1.54) is 14.2 Å². The van der Waals surface area contributed by atoms with Gasteiger partial charge in [0.15, 0.2) is 0 Å². The highest BCUT2D eigenvalue weighted by Gasteiger charge is 2.15. The molecule has 1 aromatic heterocycles. The molecule has 0 unspecified atom stereocenters. The van der Waals surface area contributed by atoms with E-state index in [-0.39, 0.29) is 11.8 Å². The summed E-state index contributed by atoms with van der Waals surface area (Å²) in [5, 5.41) is 3.93. The summed E-state index contributed by atoms with van der Waals surface area (Å²) in [4.78, 5) is 35.2. The van der Waals surface area contributed by atoms with Crippen LogP contribution in [0.5, 0.6) is 0 Å². The van der Waals surface area contributed by atoms with Crippen molar-refractivity contribution in [1.29, 1.82) is 0 Å². The van der Waals surface area contributed by atoms with Crippen LogP contribution in [0, 0.1) is 0 Å². The summed E-state index contributed by atoms with van der Waals surface area (Å²) < 4.78 is 0. The molecule has 0 aliphatic heterocycles. The minimum Gasteiger partial charge on any atom is -0.362 e. The molecule has 0 radical (unpaired) electrons. The van der Waals surface area contributed by atoms with Crippen molar-refractivity contribution in [3.63, 3.8) is 0 Å². The number of nitrogens with one attached hydrogen (secondary N) is 1. The van der Waals surface area contributed by atoms with Gasteiger partial charge >= 0.3 is 0 Å². The fourth-order valence-electron chi connectivity index (χ4n) is 2.09. The molecule has 0 fully saturated rings. The number of aromatic nitrogens is 1. The fourth-order valence-corrected chi connectivity index (χ4v) is 2.09. The summed E-state index contributed by atoms with van der Waals surface area (Å²) in [5.74, 6) is 0.0564. The Kier molecular flexibility index (Phi) is 5.49. The van der Waals surface area contributed by atoms with Gasteiger partial charge in [0.25, 0.3) is 11.8 Å². The highest BCUT2D eigenvalue weighted by Crippen LogP contribution is 2.17. The number of carbonyl (C=O) groups excluding carboxylic acids is 2. The summed E-state index contributed by atoms with van der Waals surface area (Å²) in [6, 6.07) is 10.0. The standard InChI is InChI=1S/C17H20N4O3/c1-20(2)15-14(6-5-11-18-15)16(22)19-13-9-7-12(8-10-13)17(23)21(3)24-4/h5-11H,1-4H3,(H,19,22). The molecular formula is C17H20N4O3. The van der Waals surface area contributed by atoms with Gasteiger partial charge in [0, 0.05) is 38.6 Å². The van der Waals surface area contributed by atoms with Gasteiger partial charge in [-0.05, 0) is 36.4 Å². The molecule has 0 saturated heterocycles. The van der Waals surface area contributed by atoms with Crippen molar-refractivity contribution in [2.24, 2.45) is 0 Å². The lowest BCUT2D eigenvalue weighted by atomic mass is 10.1. The fraction of sp³-hybridized carbons (Fsp3) is 0.235. The maximum Gasteiger partial charge on any atom is 0.277 e. The van der Waals surface area contributed by atoms with Crippen LogP contribution < -0.4 is 10.2 Å². The van der Waals surface area contributed by atoms with E-state index in [9.17, 15) is 9.59 Å². The number of rotatable bonds is 5. The van der Waals surface area contributed by atoms with Crippen LogP contribution >= 0.6 is 0 Å². The van der Waals surface area contributed by atoms with E-state index in [2.05, 4.69) is 10.3 Å².